The molecular formula is C12H19N3O4S. The summed E-state index contributed by atoms with van der Waals surface area (Å²) in [6, 6.07) is -0.755. The maximum Gasteiger partial charge on any atom is 0.324 e. The highest BCUT2D eigenvalue weighted by molar-refractivity contribution is 7.89. The van der Waals surface area contributed by atoms with E-state index in [0.717, 1.165) is 0 Å². The summed E-state index contributed by atoms with van der Waals surface area (Å²) in [7, 11) is -3.71. The van der Waals surface area contributed by atoms with Crippen molar-refractivity contribution in [3.8, 4) is 0 Å². The number of carbonyl (C=O) groups is 1. The van der Waals surface area contributed by atoms with Crippen molar-refractivity contribution >= 4 is 16.0 Å². The Kier molecular flexibility index (Phi) is 3.88. The monoisotopic (exact) mass is 301 g/mol. The molecule has 8 heteroatoms. The van der Waals surface area contributed by atoms with Crippen molar-refractivity contribution in [2.45, 2.75) is 50.2 Å². The Labute approximate surface area is 118 Å². The van der Waals surface area contributed by atoms with Gasteiger partial charge in [0.2, 0.25) is 10.0 Å². The van der Waals surface area contributed by atoms with Crippen LogP contribution in [0.25, 0.3) is 0 Å². The van der Waals surface area contributed by atoms with Crippen LogP contribution in [-0.4, -0.2) is 47.1 Å². The van der Waals surface area contributed by atoms with E-state index in [4.69, 9.17) is 4.74 Å². The molecule has 2 heterocycles. The van der Waals surface area contributed by atoms with Gasteiger partial charge in [-0.2, -0.15) is 9.40 Å². The summed E-state index contributed by atoms with van der Waals surface area (Å²) in [6.07, 6.45) is 3.66. The average molecular weight is 301 g/mol. The lowest BCUT2D eigenvalue weighted by atomic mass is 10.2. The van der Waals surface area contributed by atoms with Gasteiger partial charge in [-0.05, 0) is 33.6 Å². The van der Waals surface area contributed by atoms with Crippen LogP contribution in [0.4, 0.5) is 0 Å². The van der Waals surface area contributed by atoms with E-state index < -0.39 is 27.6 Å². The van der Waals surface area contributed by atoms with E-state index in [2.05, 4.69) is 10.2 Å². The fourth-order valence-corrected chi connectivity index (χ4v) is 3.70. The summed E-state index contributed by atoms with van der Waals surface area (Å²) in [6.45, 7) is 5.59. The number of nitrogens with zero attached hydrogens (tertiary/aromatic N) is 2. The Hall–Kier alpha value is -1.41. The molecule has 0 radical (unpaired) electrons. The first-order valence-corrected chi connectivity index (χ1v) is 7.89. The van der Waals surface area contributed by atoms with E-state index >= 15 is 0 Å². The van der Waals surface area contributed by atoms with Crippen molar-refractivity contribution in [2.24, 2.45) is 0 Å². The lowest BCUT2D eigenvalue weighted by Crippen LogP contribution is -2.43. The van der Waals surface area contributed by atoms with Crippen molar-refractivity contribution < 1.29 is 17.9 Å². The molecule has 1 atom stereocenters. The second-order valence-corrected chi connectivity index (χ2v) is 7.63. The maximum atomic E-state index is 12.4. The third-order valence-corrected chi connectivity index (χ3v) is 4.84. The molecule has 1 aromatic heterocycles. The van der Waals surface area contributed by atoms with Gasteiger partial charge in [0.05, 0.1) is 6.20 Å². The van der Waals surface area contributed by atoms with Gasteiger partial charge in [0.1, 0.15) is 16.5 Å². The molecule has 1 aliphatic rings. The van der Waals surface area contributed by atoms with Crippen LogP contribution in [0, 0.1) is 0 Å². The molecule has 0 bridgehead atoms. The summed E-state index contributed by atoms with van der Waals surface area (Å²) >= 11 is 0. The molecule has 1 aliphatic heterocycles. The van der Waals surface area contributed by atoms with Crippen LogP contribution in [0.3, 0.4) is 0 Å². The minimum Gasteiger partial charge on any atom is -0.459 e. The summed E-state index contributed by atoms with van der Waals surface area (Å²) in [5, 5.41) is 6.11. The number of aromatic amines is 1. The van der Waals surface area contributed by atoms with Crippen molar-refractivity contribution in [1.29, 1.82) is 0 Å². The molecule has 20 heavy (non-hydrogen) atoms. The van der Waals surface area contributed by atoms with Crippen LogP contribution in [0.5, 0.6) is 0 Å². The molecule has 0 saturated carbocycles. The molecular weight excluding hydrogens is 282 g/mol. The van der Waals surface area contributed by atoms with Crippen LogP contribution in [0.15, 0.2) is 17.3 Å². The predicted molar refractivity (Wildman–Crippen MR) is 71.3 cm³/mol. The Balaban J connectivity index is 2.22. The largest absolute Gasteiger partial charge is 0.459 e. The predicted octanol–water partition coefficient (Wildman–Crippen LogP) is 0.904. The highest BCUT2D eigenvalue weighted by Crippen LogP contribution is 2.27. The van der Waals surface area contributed by atoms with Gasteiger partial charge in [0.25, 0.3) is 0 Å². The summed E-state index contributed by atoms with van der Waals surface area (Å²) < 4.78 is 31.4. The van der Waals surface area contributed by atoms with E-state index in [-0.39, 0.29) is 4.90 Å². The molecule has 2 rings (SSSR count). The average Bonchev–Trinajstić information content (AvgIpc) is 2.99. The van der Waals surface area contributed by atoms with Crippen LogP contribution >= 0.6 is 0 Å². The highest BCUT2D eigenvalue weighted by atomic mass is 32.2. The zero-order chi connectivity index (χ0) is 15.0. The standard InChI is InChI=1S/C12H19N3O4S/c1-12(2,3)19-11(16)10-5-4-6-15(10)20(17,18)9-7-13-14-8-9/h7-8,10H,4-6H2,1-3H3,(H,13,14)/t10-/m0/s1. The molecule has 1 saturated heterocycles. The minimum atomic E-state index is -3.71. The molecule has 1 aromatic rings. The molecule has 0 amide bonds. The van der Waals surface area contributed by atoms with E-state index in [0.29, 0.717) is 19.4 Å². The molecule has 0 unspecified atom stereocenters. The molecule has 112 valence electrons. The smallest absolute Gasteiger partial charge is 0.324 e. The number of hydrogen-bond donors (Lipinski definition) is 1. The molecule has 7 nitrogen and oxygen atoms in total. The molecule has 0 aliphatic carbocycles. The van der Waals surface area contributed by atoms with E-state index in [1.165, 1.54) is 16.7 Å². The SMILES string of the molecule is CC(C)(C)OC(=O)[C@@H]1CCCN1S(=O)(=O)c1cn[nH]c1. The number of aromatic nitrogens is 2. The number of rotatable bonds is 3. The van der Waals surface area contributed by atoms with Crippen molar-refractivity contribution in [3.05, 3.63) is 12.4 Å². The molecule has 0 aromatic carbocycles. The number of sulfonamides is 1. The summed E-state index contributed by atoms with van der Waals surface area (Å²) in [4.78, 5) is 12.2. The Morgan fingerprint density at radius 2 is 2.20 bits per heavy atom. The van der Waals surface area contributed by atoms with Gasteiger partial charge < -0.3 is 4.74 Å². The summed E-state index contributed by atoms with van der Waals surface area (Å²) in [5.74, 6) is -0.498. The van der Waals surface area contributed by atoms with Gasteiger partial charge >= 0.3 is 5.97 Å². The minimum absolute atomic E-state index is 0.0629. The lowest BCUT2D eigenvalue weighted by Gasteiger charge is -2.26. The van der Waals surface area contributed by atoms with Crippen LogP contribution in [0.1, 0.15) is 33.6 Å². The first-order valence-electron chi connectivity index (χ1n) is 6.45. The fraction of sp³-hybridized carbons (Fsp3) is 0.667. The second-order valence-electron chi connectivity index (χ2n) is 5.74. The zero-order valence-electron chi connectivity index (χ0n) is 11.8. The van der Waals surface area contributed by atoms with E-state index in [1.807, 2.05) is 0 Å². The molecule has 1 fully saturated rings. The van der Waals surface area contributed by atoms with Crippen LogP contribution in [0.2, 0.25) is 0 Å². The third-order valence-electron chi connectivity index (χ3n) is 2.96. The topological polar surface area (TPSA) is 92.4 Å². The molecule has 1 N–H and O–H groups in total. The number of carbonyl (C=O) groups excluding carboxylic acids is 1. The first-order chi connectivity index (χ1) is 9.22. The van der Waals surface area contributed by atoms with E-state index in [1.54, 1.807) is 20.8 Å². The number of esters is 1. The normalized spacial score (nSPS) is 21.1. The fourth-order valence-electron chi connectivity index (χ4n) is 2.15. The Morgan fingerprint density at radius 3 is 2.75 bits per heavy atom. The van der Waals surface area contributed by atoms with Crippen LogP contribution in [-0.2, 0) is 19.6 Å². The maximum absolute atomic E-state index is 12.4. The Morgan fingerprint density at radius 1 is 1.50 bits per heavy atom. The van der Waals surface area contributed by atoms with Crippen molar-refractivity contribution in [1.82, 2.24) is 14.5 Å². The number of H-pyrrole nitrogens is 1. The Bertz CT molecular complexity index is 574. The van der Waals surface area contributed by atoms with Gasteiger partial charge in [-0.3, -0.25) is 9.89 Å². The quantitative estimate of drug-likeness (QED) is 0.838. The zero-order valence-corrected chi connectivity index (χ0v) is 12.6. The van der Waals surface area contributed by atoms with E-state index in [9.17, 15) is 13.2 Å². The van der Waals surface area contributed by atoms with Gasteiger partial charge in [0.15, 0.2) is 0 Å². The lowest BCUT2D eigenvalue weighted by molar-refractivity contribution is -0.158. The molecule has 0 spiro atoms. The number of nitrogens with one attached hydrogen (secondary N) is 1. The van der Waals surface area contributed by atoms with Gasteiger partial charge in [-0.15, -0.1) is 0 Å². The first kappa shape index (κ1) is 15.0. The highest BCUT2D eigenvalue weighted by Gasteiger charge is 2.41. The van der Waals surface area contributed by atoms with Gasteiger partial charge in [0, 0.05) is 12.7 Å². The number of hydrogen-bond acceptors (Lipinski definition) is 5. The van der Waals surface area contributed by atoms with Crippen LogP contribution < -0.4 is 0 Å². The second kappa shape index (κ2) is 5.17. The van der Waals surface area contributed by atoms with Crippen molar-refractivity contribution in [2.75, 3.05) is 6.54 Å². The van der Waals surface area contributed by atoms with Crippen molar-refractivity contribution in [3.63, 3.8) is 0 Å². The summed E-state index contributed by atoms with van der Waals surface area (Å²) in [5.41, 5.74) is -0.634. The number of ether oxygens (including phenoxy) is 1. The van der Waals surface area contributed by atoms with Gasteiger partial charge in [-0.1, -0.05) is 0 Å². The third kappa shape index (κ3) is 3.01. The van der Waals surface area contributed by atoms with Gasteiger partial charge in [-0.25, -0.2) is 8.42 Å².